The second-order valence-electron chi connectivity index (χ2n) is 2.40. The molecule has 0 saturated carbocycles. The van der Waals surface area contributed by atoms with Crippen LogP contribution >= 0.6 is 11.6 Å². The largest absolute Gasteiger partial charge is 0.447 e. The Kier molecular flexibility index (Phi) is 1.53. The van der Waals surface area contributed by atoms with Crippen molar-refractivity contribution in [3.05, 3.63) is 0 Å². The van der Waals surface area contributed by atoms with Crippen LogP contribution in [0.5, 0.6) is 0 Å². The predicted octanol–water partition coefficient (Wildman–Crippen LogP) is 0.724. The zero-order valence-electron chi connectivity index (χ0n) is 5.11. The molecule has 1 N–H and O–H groups in total. The first-order valence-corrected chi connectivity index (χ1v) is 3.21. The van der Waals surface area contributed by atoms with Crippen LogP contribution in [0.2, 0.25) is 0 Å². The van der Waals surface area contributed by atoms with Crippen LogP contribution in [-0.4, -0.2) is 24.1 Å². The maximum atomic E-state index is 10.4. The molecule has 1 fully saturated rings. The normalized spacial score (nSPS) is 33.8. The molecule has 9 heavy (non-hydrogen) atoms. The lowest BCUT2D eigenvalue weighted by atomic mass is 10.1. The van der Waals surface area contributed by atoms with Crippen LogP contribution in [-0.2, 0) is 4.74 Å². The Morgan fingerprint density at radius 3 is 2.89 bits per heavy atom. The predicted molar refractivity (Wildman–Crippen MR) is 33.6 cm³/mol. The highest BCUT2D eigenvalue weighted by atomic mass is 35.5. The number of hydrogen-bond donors (Lipinski definition) is 1. The van der Waals surface area contributed by atoms with E-state index in [9.17, 15) is 4.79 Å². The topological polar surface area (TPSA) is 38.3 Å². The van der Waals surface area contributed by atoms with Crippen molar-refractivity contribution in [2.24, 2.45) is 0 Å². The van der Waals surface area contributed by atoms with Gasteiger partial charge in [0.15, 0.2) is 0 Å². The number of halogens is 1. The van der Waals surface area contributed by atoms with Crippen molar-refractivity contribution in [1.82, 2.24) is 5.32 Å². The molecule has 0 radical (unpaired) electrons. The van der Waals surface area contributed by atoms with Crippen LogP contribution in [0.1, 0.15) is 6.92 Å². The van der Waals surface area contributed by atoms with E-state index in [-0.39, 0.29) is 11.6 Å². The monoisotopic (exact) mass is 149 g/mol. The lowest BCUT2D eigenvalue weighted by Crippen LogP contribution is -2.41. The summed E-state index contributed by atoms with van der Waals surface area (Å²) in [6.45, 7) is 2.21. The van der Waals surface area contributed by atoms with E-state index in [2.05, 4.69) is 10.1 Å². The molecule has 4 heteroatoms. The van der Waals surface area contributed by atoms with Crippen LogP contribution in [0, 0.1) is 0 Å². The molecule has 1 saturated heterocycles. The third-order valence-electron chi connectivity index (χ3n) is 1.22. The maximum Gasteiger partial charge on any atom is 0.407 e. The molecule has 0 aromatic heterocycles. The number of alkyl carbamates (subject to hydrolysis) is 1. The van der Waals surface area contributed by atoms with Crippen molar-refractivity contribution < 1.29 is 9.53 Å². The zero-order valence-corrected chi connectivity index (χ0v) is 5.86. The SMILES string of the molecule is CC1(CCl)COC(=O)N1. The molecule has 0 aromatic rings. The van der Waals surface area contributed by atoms with E-state index in [1.54, 1.807) is 0 Å². The number of alkyl halides is 1. The van der Waals surface area contributed by atoms with Gasteiger partial charge in [-0.05, 0) is 6.92 Å². The van der Waals surface area contributed by atoms with Crippen LogP contribution in [0.3, 0.4) is 0 Å². The van der Waals surface area contributed by atoms with Crippen molar-refractivity contribution >= 4 is 17.7 Å². The van der Waals surface area contributed by atoms with E-state index in [1.165, 1.54) is 0 Å². The minimum atomic E-state index is -0.377. The molecular weight excluding hydrogens is 142 g/mol. The summed E-state index contributed by atoms with van der Waals surface area (Å²) in [6.07, 6.45) is -0.377. The number of hydrogen-bond acceptors (Lipinski definition) is 2. The number of cyclic esters (lactones) is 1. The molecule has 1 atom stereocenters. The van der Waals surface area contributed by atoms with Crippen molar-refractivity contribution in [1.29, 1.82) is 0 Å². The fourth-order valence-electron chi connectivity index (χ4n) is 0.615. The average Bonchev–Trinajstić information content (AvgIpc) is 2.13. The van der Waals surface area contributed by atoms with Gasteiger partial charge in [-0.15, -0.1) is 11.6 Å². The van der Waals surface area contributed by atoms with Gasteiger partial charge in [0.05, 0.1) is 5.54 Å². The smallest absolute Gasteiger partial charge is 0.407 e. The van der Waals surface area contributed by atoms with E-state index < -0.39 is 0 Å². The van der Waals surface area contributed by atoms with Gasteiger partial charge in [0.2, 0.25) is 0 Å². The first kappa shape index (κ1) is 6.68. The fraction of sp³-hybridized carbons (Fsp3) is 0.800. The van der Waals surface area contributed by atoms with Crippen LogP contribution < -0.4 is 5.32 Å². The number of carbonyl (C=O) groups is 1. The molecule has 1 heterocycles. The van der Waals surface area contributed by atoms with Crippen molar-refractivity contribution in [3.63, 3.8) is 0 Å². The highest BCUT2D eigenvalue weighted by Crippen LogP contribution is 2.12. The summed E-state index contributed by atoms with van der Waals surface area (Å²) in [7, 11) is 0. The Bertz CT molecular complexity index is 139. The zero-order chi connectivity index (χ0) is 6.91. The Morgan fingerprint density at radius 2 is 2.67 bits per heavy atom. The minimum absolute atomic E-state index is 0.349. The molecule has 0 aliphatic carbocycles. The summed E-state index contributed by atoms with van der Waals surface area (Å²) < 4.78 is 4.62. The van der Waals surface area contributed by atoms with E-state index >= 15 is 0 Å². The van der Waals surface area contributed by atoms with Gasteiger partial charge in [0.1, 0.15) is 6.61 Å². The van der Waals surface area contributed by atoms with Gasteiger partial charge in [-0.2, -0.15) is 0 Å². The molecule has 3 nitrogen and oxygen atoms in total. The van der Waals surface area contributed by atoms with E-state index in [0.29, 0.717) is 12.5 Å². The van der Waals surface area contributed by atoms with Crippen molar-refractivity contribution in [2.45, 2.75) is 12.5 Å². The third-order valence-corrected chi connectivity index (χ3v) is 1.81. The van der Waals surface area contributed by atoms with E-state index in [1.807, 2.05) is 6.92 Å². The molecule has 1 rings (SSSR count). The summed E-state index contributed by atoms with van der Waals surface area (Å²) in [4.78, 5) is 10.4. The van der Waals surface area contributed by atoms with Crippen LogP contribution in [0.4, 0.5) is 4.79 Å². The second kappa shape index (κ2) is 2.06. The quantitative estimate of drug-likeness (QED) is 0.558. The van der Waals surface area contributed by atoms with Gasteiger partial charge in [-0.25, -0.2) is 4.79 Å². The molecule has 1 aliphatic rings. The van der Waals surface area contributed by atoms with Gasteiger partial charge in [-0.3, -0.25) is 0 Å². The standard InChI is InChI=1S/C5H8ClNO2/c1-5(2-6)3-9-4(8)7-5/h2-3H2,1H3,(H,7,8). The minimum Gasteiger partial charge on any atom is -0.447 e. The van der Waals surface area contributed by atoms with Crippen LogP contribution in [0.15, 0.2) is 0 Å². The Balaban J connectivity index is 2.54. The van der Waals surface area contributed by atoms with E-state index in [0.717, 1.165) is 0 Å². The van der Waals surface area contributed by atoms with Crippen LogP contribution in [0.25, 0.3) is 0 Å². The second-order valence-corrected chi connectivity index (χ2v) is 2.66. The van der Waals surface area contributed by atoms with Gasteiger partial charge in [0.25, 0.3) is 0 Å². The Morgan fingerprint density at radius 1 is 2.00 bits per heavy atom. The molecular formula is C5H8ClNO2. The summed E-state index contributed by atoms with van der Waals surface area (Å²) in [5.41, 5.74) is -0.349. The Labute approximate surface area is 58.3 Å². The molecule has 0 aromatic carbocycles. The van der Waals surface area contributed by atoms with Crippen molar-refractivity contribution in [3.8, 4) is 0 Å². The molecule has 0 bridgehead atoms. The van der Waals surface area contributed by atoms with Gasteiger partial charge in [-0.1, -0.05) is 0 Å². The highest BCUT2D eigenvalue weighted by molar-refractivity contribution is 6.18. The van der Waals surface area contributed by atoms with E-state index in [4.69, 9.17) is 11.6 Å². The highest BCUT2D eigenvalue weighted by Gasteiger charge is 2.33. The maximum absolute atomic E-state index is 10.4. The molecule has 0 spiro atoms. The van der Waals surface area contributed by atoms with Crippen molar-refractivity contribution in [2.75, 3.05) is 12.5 Å². The fourth-order valence-corrected chi connectivity index (χ4v) is 0.759. The number of amides is 1. The number of carbonyl (C=O) groups excluding carboxylic acids is 1. The lowest BCUT2D eigenvalue weighted by molar-refractivity contribution is 0.174. The average molecular weight is 150 g/mol. The summed E-state index contributed by atoms with van der Waals surface area (Å²) in [5.74, 6) is 0.388. The lowest BCUT2D eigenvalue weighted by Gasteiger charge is -2.15. The number of nitrogens with one attached hydrogen (secondary N) is 1. The summed E-state index contributed by atoms with van der Waals surface area (Å²) in [5, 5.41) is 2.59. The third kappa shape index (κ3) is 1.27. The molecule has 1 aliphatic heterocycles. The molecule has 1 amide bonds. The molecule has 52 valence electrons. The summed E-state index contributed by atoms with van der Waals surface area (Å²) in [6, 6.07) is 0. The number of ether oxygens (including phenoxy) is 1. The Hall–Kier alpha value is -0.440. The first-order chi connectivity index (χ1) is 4.16. The summed E-state index contributed by atoms with van der Waals surface area (Å²) >= 11 is 5.52. The molecule has 1 unspecified atom stereocenters. The van der Waals surface area contributed by atoms with Gasteiger partial charge < -0.3 is 10.1 Å². The van der Waals surface area contributed by atoms with Gasteiger partial charge >= 0.3 is 6.09 Å². The first-order valence-electron chi connectivity index (χ1n) is 2.67. The number of rotatable bonds is 1. The van der Waals surface area contributed by atoms with Gasteiger partial charge in [0, 0.05) is 5.88 Å².